The van der Waals surface area contributed by atoms with Crippen molar-refractivity contribution in [2.24, 2.45) is 0 Å². The Morgan fingerprint density at radius 3 is 2.84 bits per heavy atom. The minimum Gasteiger partial charge on any atom is -0.436 e. The highest BCUT2D eigenvalue weighted by Crippen LogP contribution is 2.24. The zero-order valence-corrected chi connectivity index (χ0v) is 10.5. The largest absolute Gasteiger partial charge is 0.436 e. The van der Waals surface area contributed by atoms with Crippen LogP contribution < -0.4 is 10.1 Å². The van der Waals surface area contributed by atoms with Gasteiger partial charge >= 0.3 is 0 Å². The first-order valence-electron chi connectivity index (χ1n) is 6.03. The fourth-order valence-corrected chi connectivity index (χ4v) is 1.49. The summed E-state index contributed by atoms with van der Waals surface area (Å²) >= 11 is 0. The zero-order chi connectivity index (χ0) is 13.7. The molecule has 100 valence electrons. The Balaban J connectivity index is 2.16. The predicted octanol–water partition coefficient (Wildman–Crippen LogP) is 3.97. The maximum Gasteiger partial charge on any atom is 0.221 e. The molecule has 2 aromatic rings. The lowest BCUT2D eigenvalue weighted by atomic mass is 10.3. The molecule has 1 aromatic heterocycles. The van der Waals surface area contributed by atoms with Gasteiger partial charge < -0.3 is 10.1 Å². The number of benzene rings is 1. The van der Waals surface area contributed by atoms with E-state index in [2.05, 4.69) is 10.3 Å². The molecule has 1 aromatic carbocycles. The third-order valence-electron chi connectivity index (χ3n) is 2.39. The standard InChI is InChI=1S/C14H14F2N2O/c1-2-8-17-13-4-3-5-14(18-13)19-12-9-10(15)6-7-11(12)16/h3-7,9H,2,8H2,1H3,(H,17,18). The molecule has 0 spiro atoms. The SMILES string of the molecule is CCCNc1cccc(Oc2cc(F)ccc2F)n1. The Hall–Kier alpha value is -2.17. The highest BCUT2D eigenvalue weighted by atomic mass is 19.1. The van der Waals surface area contributed by atoms with Crippen LogP contribution in [0, 0.1) is 11.6 Å². The van der Waals surface area contributed by atoms with E-state index in [9.17, 15) is 8.78 Å². The summed E-state index contributed by atoms with van der Waals surface area (Å²) in [5.41, 5.74) is 0. The number of ether oxygens (including phenoxy) is 1. The van der Waals surface area contributed by atoms with Gasteiger partial charge in [0.1, 0.15) is 11.6 Å². The highest BCUT2D eigenvalue weighted by molar-refractivity contribution is 5.38. The van der Waals surface area contributed by atoms with E-state index in [0.717, 1.165) is 31.2 Å². The molecule has 0 unspecified atom stereocenters. The first kappa shape index (κ1) is 13.3. The molecule has 0 aliphatic carbocycles. The van der Waals surface area contributed by atoms with Crippen LogP contribution in [0.4, 0.5) is 14.6 Å². The van der Waals surface area contributed by atoms with Gasteiger partial charge in [-0.1, -0.05) is 13.0 Å². The Morgan fingerprint density at radius 1 is 1.21 bits per heavy atom. The second-order valence-corrected chi connectivity index (χ2v) is 3.96. The van der Waals surface area contributed by atoms with Crippen LogP contribution in [0.5, 0.6) is 11.6 Å². The maximum absolute atomic E-state index is 13.4. The number of hydrogen-bond donors (Lipinski definition) is 1. The molecule has 19 heavy (non-hydrogen) atoms. The number of halogens is 2. The summed E-state index contributed by atoms with van der Waals surface area (Å²) in [5, 5.41) is 3.09. The molecule has 0 radical (unpaired) electrons. The molecule has 2 rings (SSSR count). The summed E-state index contributed by atoms with van der Waals surface area (Å²) in [6, 6.07) is 8.14. The van der Waals surface area contributed by atoms with Crippen LogP contribution in [0.25, 0.3) is 0 Å². The van der Waals surface area contributed by atoms with Crippen molar-refractivity contribution < 1.29 is 13.5 Å². The van der Waals surface area contributed by atoms with Crippen molar-refractivity contribution in [3.05, 3.63) is 48.0 Å². The lowest BCUT2D eigenvalue weighted by Crippen LogP contribution is -2.02. The fraction of sp³-hybridized carbons (Fsp3) is 0.214. The van der Waals surface area contributed by atoms with E-state index in [4.69, 9.17) is 4.74 Å². The van der Waals surface area contributed by atoms with Crippen molar-refractivity contribution in [1.82, 2.24) is 4.98 Å². The van der Waals surface area contributed by atoms with Gasteiger partial charge in [-0.05, 0) is 24.6 Å². The normalized spacial score (nSPS) is 10.3. The lowest BCUT2D eigenvalue weighted by Gasteiger charge is -2.08. The average molecular weight is 264 g/mol. The van der Waals surface area contributed by atoms with Crippen LogP contribution >= 0.6 is 0 Å². The van der Waals surface area contributed by atoms with Gasteiger partial charge in [0.15, 0.2) is 11.6 Å². The lowest BCUT2D eigenvalue weighted by molar-refractivity contribution is 0.423. The van der Waals surface area contributed by atoms with E-state index in [0.29, 0.717) is 5.82 Å². The number of hydrogen-bond acceptors (Lipinski definition) is 3. The van der Waals surface area contributed by atoms with E-state index in [1.165, 1.54) is 0 Å². The fourth-order valence-electron chi connectivity index (χ4n) is 1.49. The van der Waals surface area contributed by atoms with E-state index in [1.54, 1.807) is 18.2 Å². The molecule has 1 N–H and O–H groups in total. The van der Waals surface area contributed by atoms with E-state index >= 15 is 0 Å². The summed E-state index contributed by atoms with van der Waals surface area (Å²) in [4.78, 5) is 4.15. The first-order chi connectivity index (χ1) is 9.19. The summed E-state index contributed by atoms with van der Waals surface area (Å²) < 4.78 is 31.7. The molecule has 0 bridgehead atoms. The van der Waals surface area contributed by atoms with Gasteiger partial charge in [-0.15, -0.1) is 0 Å². The van der Waals surface area contributed by atoms with Crippen molar-refractivity contribution in [3.8, 4) is 11.6 Å². The molecule has 0 fully saturated rings. The van der Waals surface area contributed by atoms with Crippen molar-refractivity contribution in [2.45, 2.75) is 13.3 Å². The first-order valence-corrected chi connectivity index (χ1v) is 6.03. The summed E-state index contributed by atoms with van der Waals surface area (Å²) in [6.45, 7) is 2.82. The van der Waals surface area contributed by atoms with Crippen molar-refractivity contribution >= 4 is 5.82 Å². The summed E-state index contributed by atoms with van der Waals surface area (Å²) in [7, 11) is 0. The Kier molecular flexibility index (Phi) is 4.28. The molecule has 5 heteroatoms. The van der Waals surface area contributed by atoms with Gasteiger partial charge in [-0.3, -0.25) is 0 Å². The number of anilines is 1. The average Bonchev–Trinajstić information content (AvgIpc) is 2.41. The topological polar surface area (TPSA) is 34.1 Å². The molecule has 0 saturated carbocycles. The van der Waals surface area contributed by atoms with Gasteiger partial charge in [0.2, 0.25) is 5.88 Å². The van der Waals surface area contributed by atoms with E-state index in [-0.39, 0.29) is 11.6 Å². The Bertz CT molecular complexity index is 561. The minimum atomic E-state index is -0.630. The van der Waals surface area contributed by atoms with Crippen LogP contribution in [0.15, 0.2) is 36.4 Å². The van der Waals surface area contributed by atoms with E-state index in [1.807, 2.05) is 6.92 Å². The number of nitrogens with one attached hydrogen (secondary N) is 1. The maximum atomic E-state index is 13.4. The number of rotatable bonds is 5. The third kappa shape index (κ3) is 3.64. The monoisotopic (exact) mass is 264 g/mol. The zero-order valence-electron chi connectivity index (χ0n) is 10.5. The van der Waals surface area contributed by atoms with Crippen LogP contribution in [0.3, 0.4) is 0 Å². The van der Waals surface area contributed by atoms with Crippen LogP contribution in [0.2, 0.25) is 0 Å². The second-order valence-electron chi connectivity index (χ2n) is 3.96. The molecule has 3 nitrogen and oxygen atoms in total. The summed E-state index contributed by atoms with van der Waals surface area (Å²) in [5.74, 6) is -0.520. The van der Waals surface area contributed by atoms with E-state index < -0.39 is 11.6 Å². The van der Waals surface area contributed by atoms with Crippen LogP contribution in [0.1, 0.15) is 13.3 Å². The van der Waals surface area contributed by atoms with Gasteiger partial charge in [0.25, 0.3) is 0 Å². The van der Waals surface area contributed by atoms with Crippen LogP contribution in [-0.2, 0) is 0 Å². The minimum absolute atomic E-state index is 0.180. The molecule has 0 saturated heterocycles. The third-order valence-corrected chi connectivity index (χ3v) is 2.39. The van der Waals surface area contributed by atoms with Crippen LogP contribution in [-0.4, -0.2) is 11.5 Å². The Labute approximate surface area is 110 Å². The van der Waals surface area contributed by atoms with Crippen molar-refractivity contribution in [3.63, 3.8) is 0 Å². The molecule has 0 aliphatic heterocycles. The van der Waals surface area contributed by atoms with Gasteiger partial charge in [-0.2, -0.15) is 4.98 Å². The molecular weight excluding hydrogens is 250 g/mol. The van der Waals surface area contributed by atoms with Crippen molar-refractivity contribution in [1.29, 1.82) is 0 Å². The molecule has 0 atom stereocenters. The molecular formula is C14H14F2N2O. The number of pyridine rings is 1. The number of nitrogens with zero attached hydrogens (tertiary/aromatic N) is 1. The second kappa shape index (κ2) is 6.13. The Morgan fingerprint density at radius 2 is 2.05 bits per heavy atom. The molecule has 0 aliphatic rings. The number of aromatic nitrogens is 1. The smallest absolute Gasteiger partial charge is 0.221 e. The van der Waals surface area contributed by atoms with Gasteiger partial charge in [-0.25, -0.2) is 8.78 Å². The van der Waals surface area contributed by atoms with Gasteiger partial charge in [0, 0.05) is 18.7 Å². The predicted molar refractivity (Wildman–Crippen MR) is 69.4 cm³/mol. The van der Waals surface area contributed by atoms with Gasteiger partial charge in [0.05, 0.1) is 0 Å². The van der Waals surface area contributed by atoms with Crippen molar-refractivity contribution in [2.75, 3.05) is 11.9 Å². The molecule has 1 heterocycles. The molecule has 0 amide bonds. The highest BCUT2D eigenvalue weighted by Gasteiger charge is 2.07. The summed E-state index contributed by atoms with van der Waals surface area (Å²) in [6.07, 6.45) is 0.964. The quantitative estimate of drug-likeness (QED) is 0.887.